The van der Waals surface area contributed by atoms with Crippen molar-refractivity contribution in [3.05, 3.63) is 46.0 Å². The molecular weight excluding hydrogens is 373 g/mol. The van der Waals surface area contributed by atoms with Gasteiger partial charge in [-0.25, -0.2) is 9.97 Å². The number of aromatic nitrogens is 2. The number of rotatable bonds is 4. The molecule has 1 aromatic carbocycles. The Bertz CT molecular complexity index is 869. The van der Waals surface area contributed by atoms with Crippen LogP contribution in [0, 0.1) is 0 Å². The van der Waals surface area contributed by atoms with E-state index in [2.05, 4.69) is 15.3 Å². The fourth-order valence-electron chi connectivity index (χ4n) is 1.90. The number of carbonyl (C=O) groups excluding carboxylic acids is 1. The van der Waals surface area contributed by atoms with Gasteiger partial charge in [0, 0.05) is 5.02 Å². The molecule has 0 spiro atoms. The third kappa shape index (κ3) is 3.77. The molecule has 4 nitrogen and oxygen atoms in total. The largest absolute Gasteiger partial charge is 0.324 e. The Kier molecular flexibility index (Phi) is 5.06. The second-order valence-electron chi connectivity index (χ2n) is 4.69. The number of benzene rings is 1. The molecule has 0 saturated carbocycles. The van der Waals surface area contributed by atoms with Crippen LogP contribution in [-0.4, -0.2) is 21.1 Å². The van der Waals surface area contributed by atoms with E-state index in [4.69, 9.17) is 23.2 Å². The first-order valence-corrected chi connectivity index (χ1v) is 9.17. The van der Waals surface area contributed by atoms with E-state index in [1.807, 2.05) is 18.4 Å². The molecular formula is C15H11Cl2N3OS2. The first kappa shape index (κ1) is 16.5. The summed E-state index contributed by atoms with van der Waals surface area (Å²) >= 11 is 14.9. The minimum Gasteiger partial charge on any atom is -0.324 e. The van der Waals surface area contributed by atoms with E-state index in [-0.39, 0.29) is 11.2 Å². The fraction of sp³-hybridized carbons (Fsp3) is 0.133. The number of hydrogen-bond donors (Lipinski definition) is 1. The lowest BCUT2D eigenvalue weighted by molar-refractivity contribution is -0.115. The Morgan fingerprint density at radius 1 is 1.30 bits per heavy atom. The Morgan fingerprint density at radius 2 is 2.13 bits per heavy atom. The highest BCUT2D eigenvalue weighted by molar-refractivity contribution is 8.00. The van der Waals surface area contributed by atoms with Crippen LogP contribution >= 0.6 is 46.3 Å². The molecule has 2 heterocycles. The molecule has 8 heteroatoms. The Hall–Kier alpha value is -1.34. The lowest BCUT2D eigenvalue weighted by Crippen LogP contribution is -2.22. The third-order valence-electron chi connectivity index (χ3n) is 3.05. The van der Waals surface area contributed by atoms with Gasteiger partial charge in [-0.05, 0) is 36.6 Å². The Labute approximate surface area is 151 Å². The first-order chi connectivity index (χ1) is 11.0. The highest BCUT2D eigenvalue weighted by Crippen LogP contribution is 2.32. The number of fused-ring (bicyclic) bond motifs is 1. The van der Waals surface area contributed by atoms with Crippen molar-refractivity contribution in [1.29, 1.82) is 0 Å². The van der Waals surface area contributed by atoms with Crippen LogP contribution in [0.2, 0.25) is 10.0 Å². The van der Waals surface area contributed by atoms with Gasteiger partial charge >= 0.3 is 0 Å². The maximum atomic E-state index is 12.4. The topological polar surface area (TPSA) is 54.9 Å². The van der Waals surface area contributed by atoms with Crippen LogP contribution in [-0.2, 0) is 4.79 Å². The van der Waals surface area contributed by atoms with Crippen molar-refractivity contribution in [2.45, 2.75) is 17.2 Å². The van der Waals surface area contributed by atoms with Crippen LogP contribution in [0.1, 0.15) is 6.92 Å². The number of thiophene rings is 1. The average molecular weight is 384 g/mol. The van der Waals surface area contributed by atoms with Gasteiger partial charge in [0.25, 0.3) is 0 Å². The van der Waals surface area contributed by atoms with Crippen molar-refractivity contribution in [3.8, 4) is 0 Å². The van der Waals surface area contributed by atoms with Crippen molar-refractivity contribution in [1.82, 2.24) is 9.97 Å². The standard InChI is InChI=1S/C15H11Cl2N3OS2/c1-8(14(21)20-12-6-9(16)2-3-10(12)17)23-15-13-11(4-5-22-13)18-7-19-15/h2-8H,1H3,(H,20,21). The second-order valence-corrected chi connectivity index (χ2v) is 7.78. The zero-order chi connectivity index (χ0) is 16.4. The summed E-state index contributed by atoms with van der Waals surface area (Å²) in [5.74, 6) is -0.164. The van der Waals surface area contributed by atoms with Crippen molar-refractivity contribution < 1.29 is 4.79 Å². The summed E-state index contributed by atoms with van der Waals surface area (Å²) in [6.07, 6.45) is 1.51. The van der Waals surface area contributed by atoms with Crippen LogP contribution in [0.3, 0.4) is 0 Å². The van der Waals surface area contributed by atoms with Crippen molar-refractivity contribution in [3.63, 3.8) is 0 Å². The van der Waals surface area contributed by atoms with E-state index in [0.717, 1.165) is 15.2 Å². The van der Waals surface area contributed by atoms with Crippen LogP contribution in [0.15, 0.2) is 41.0 Å². The molecule has 0 radical (unpaired) electrons. The fourth-order valence-corrected chi connectivity index (χ4v) is 4.07. The van der Waals surface area contributed by atoms with Crippen molar-refractivity contribution in [2.75, 3.05) is 5.32 Å². The van der Waals surface area contributed by atoms with Crippen LogP contribution in [0.5, 0.6) is 0 Å². The molecule has 3 aromatic rings. The van der Waals surface area contributed by atoms with Gasteiger partial charge in [0.1, 0.15) is 11.4 Å². The minimum atomic E-state index is -0.342. The van der Waals surface area contributed by atoms with Gasteiger partial charge in [0.05, 0.1) is 26.2 Å². The van der Waals surface area contributed by atoms with Crippen molar-refractivity contribution in [2.24, 2.45) is 0 Å². The van der Waals surface area contributed by atoms with Gasteiger partial charge in [0.15, 0.2) is 0 Å². The molecule has 118 valence electrons. The normalized spacial score (nSPS) is 12.3. The van der Waals surface area contributed by atoms with E-state index in [1.165, 1.54) is 18.1 Å². The summed E-state index contributed by atoms with van der Waals surface area (Å²) < 4.78 is 0.984. The molecule has 1 unspecified atom stereocenters. The third-order valence-corrected chi connectivity index (χ3v) is 5.76. The van der Waals surface area contributed by atoms with Crippen LogP contribution in [0.25, 0.3) is 10.2 Å². The predicted molar refractivity (Wildman–Crippen MR) is 97.8 cm³/mol. The molecule has 2 aromatic heterocycles. The maximum Gasteiger partial charge on any atom is 0.237 e. The molecule has 1 N–H and O–H groups in total. The summed E-state index contributed by atoms with van der Waals surface area (Å²) in [6.45, 7) is 1.82. The second kappa shape index (κ2) is 7.05. The number of thioether (sulfide) groups is 1. The molecule has 0 fully saturated rings. The SMILES string of the molecule is CC(Sc1ncnc2ccsc12)C(=O)Nc1cc(Cl)ccc1Cl. The number of anilines is 1. The van der Waals surface area contributed by atoms with E-state index in [9.17, 15) is 4.79 Å². The van der Waals surface area contributed by atoms with Crippen molar-refractivity contribution >= 4 is 68.1 Å². The van der Waals surface area contributed by atoms with E-state index in [0.29, 0.717) is 15.7 Å². The highest BCUT2D eigenvalue weighted by Gasteiger charge is 2.18. The average Bonchev–Trinajstić information content (AvgIpc) is 3.00. The maximum absolute atomic E-state index is 12.4. The molecule has 0 saturated heterocycles. The number of nitrogens with zero attached hydrogens (tertiary/aromatic N) is 2. The number of amides is 1. The first-order valence-electron chi connectivity index (χ1n) is 6.65. The quantitative estimate of drug-likeness (QED) is 0.501. The summed E-state index contributed by atoms with van der Waals surface area (Å²) in [6, 6.07) is 6.88. The van der Waals surface area contributed by atoms with Gasteiger partial charge < -0.3 is 5.32 Å². The van der Waals surface area contributed by atoms with Crippen LogP contribution in [0.4, 0.5) is 5.69 Å². The summed E-state index contributed by atoms with van der Waals surface area (Å²) in [5, 5.41) is 6.17. The summed E-state index contributed by atoms with van der Waals surface area (Å²) in [5.41, 5.74) is 1.39. The van der Waals surface area contributed by atoms with Gasteiger partial charge in [-0.2, -0.15) is 0 Å². The number of carbonyl (C=O) groups is 1. The van der Waals surface area contributed by atoms with E-state index in [1.54, 1.807) is 29.5 Å². The molecule has 23 heavy (non-hydrogen) atoms. The lowest BCUT2D eigenvalue weighted by Gasteiger charge is -2.13. The highest BCUT2D eigenvalue weighted by atomic mass is 35.5. The Balaban J connectivity index is 1.75. The monoisotopic (exact) mass is 383 g/mol. The molecule has 1 atom stereocenters. The minimum absolute atomic E-state index is 0.164. The van der Waals surface area contributed by atoms with Gasteiger partial charge in [-0.1, -0.05) is 35.0 Å². The number of nitrogens with one attached hydrogen (secondary N) is 1. The smallest absolute Gasteiger partial charge is 0.237 e. The molecule has 0 aliphatic heterocycles. The summed E-state index contributed by atoms with van der Waals surface area (Å²) in [7, 11) is 0. The number of hydrogen-bond acceptors (Lipinski definition) is 5. The molecule has 0 bridgehead atoms. The van der Waals surface area contributed by atoms with Gasteiger partial charge in [-0.15, -0.1) is 11.3 Å². The van der Waals surface area contributed by atoms with Gasteiger partial charge in [0.2, 0.25) is 5.91 Å². The van der Waals surface area contributed by atoms with E-state index < -0.39 is 0 Å². The van der Waals surface area contributed by atoms with E-state index >= 15 is 0 Å². The van der Waals surface area contributed by atoms with Gasteiger partial charge in [-0.3, -0.25) is 4.79 Å². The molecule has 1 amide bonds. The van der Waals surface area contributed by atoms with Crippen LogP contribution < -0.4 is 5.32 Å². The Morgan fingerprint density at radius 3 is 2.96 bits per heavy atom. The predicted octanol–water partition coefficient (Wildman–Crippen LogP) is 5.12. The number of halogens is 2. The molecule has 3 rings (SSSR count). The lowest BCUT2D eigenvalue weighted by atomic mass is 10.3. The zero-order valence-electron chi connectivity index (χ0n) is 11.9. The summed E-state index contributed by atoms with van der Waals surface area (Å²) in [4.78, 5) is 20.9. The molecule has 0 aliphatic rings. The zero-order valence-corrected chi connectivity index (χ0v) is 15.1. The molecule has 0 aliphatic carbocycles.